The van der Waals surface area contributed by atoms with Gasteiger partial charge in [-0.25, -0.2) is 8.42 Å². The summed E-state index contributed by atoms with van der Waals surface area (Å²) in [7, 11) is -3.33. The van der Waals surface area contributed by atoms with Crippen LogP contribution in [0.15, 0.2) is 29.2 Å². The molecule has 1 unspecified atom stereocenters. The average Bonchev–Trinajstić information content (AvgIpc) is 2.68. The van der Waals surface area contributed by atoms with Crippen molar-refractivity contribution in [1.82, 2.24) is 4.31 Å². The maximum Gasteiger partial charge on any atom is 0.243 e. The maximum atomic E-state index is 12.6. The van der Waals surface area contributed by atoms with Crippen LogP contribution < -0.4 is 5.73 Å². The van der Waals surface area contributed by atoms with E-state index >= 15 is 0 Å². The number of hydrogen-bond donors (Lipinski definition) is 1. The molecule has 0 aromatic heterocycles. The van der Waals surface area contributed by atoms with Crippen LogP contribution in [-0.4, -0.2) is 31.9 Å². The standard InChI is InChI=1S/C15H24N2O2S/c1-13(16)12-14-6-8-15(9-7-14)20(18,19)17-10-4-2-3-5-11-17/h6-9,13H,2-5,10-12,16H2,1H3. The Hall–Kier alpha value is -0.910. The van der Waals surface area contributed by atoms with E-state index < -0.39 is 10.0 Å². The highest BCUT2D eigenvalue weighted by Gasteiger charge is 2.24. The van der Waals surface area contributed by atoms with E-state index in [9.17, 15) is 8.42 Å². The van der Waals surface area contributed by atoms with Crippen molar-refractivity contribution in [2.75, 3.05) is 13.1 Å². The van der Waals surface area contributed by atoms with Crippen LogP contribution >= 0.6 is 0 Å². The topological polar surface area (TPSA) is 63.4 Å². The molecule has 1 aromatic rings. The van der Waals surface area contributed by atoms with Crippen LogP contribution in [0.4, 0.5) is 0 Å². The fraction of sp³-hybridized carbons (Fsp3) is 0.600. The van der Waals surface area contributed by atoms with Gasteiger partial charge in [-0.1, -0.05) is 25.0 Å². The quantitative estimate of drug-likeness (QED) is 0.926. The van der Waals surface area contributed by atoms with Crippen molar-refractivity contribution in [2.45, 2.75) is 50.0 Å². The van der Waals surface area contributed by atoms with Gasteiger partial charge >= 0.3 is 0 Å². The molecule has 1 fully saturated rings. The molecule has 1 aromatic carbocycles. The molecular formula is C15H24N2O2S. The zero-order valence-corrected chi connectivity index (χ0v) is 12.9. The number of nitrogens with two attached hydrogens (primary N) is 1. The summed E-state index contributed by atoms with van der Waals surface area (Å²) in [5.41, 5.74) is 6.83. The summed E-state index contributed by atoms with van der Waals surface area (Å²) in [6, 6.07) is 7.24. The molecule has 0 radical (unpaired) electrons. The Morgan fingerprint density at radius 1 is 1.10 bits per heavy atom. The summed E-state index contributed by atoms with van der Waals surface area (Å²) in [5.74, 6) is 0. The van der Waals surface area contributed by atoms with Gasteiger partial charge in [0, 0.05) is 19.1 Å². The SMILES string of the molecule is CC(N)Cc1ccc(S(=O)(=O)N2CCCCCC2)cc1. The van der Waals surface area contributed by atoms with Crippen molar-refractivity contribution in [3.05, 3.63) is 29.8 Å². The second-order valence-corrected chi connectivity index (χ2v) is 7.58. The molecule has 4 nitrogen and oxygen atoms in total. The van der Waals surface area contributed by atoms with E-state index in [-0.39, 0.29) is 6.04 Å². The lowest BCUT2D eigenvalue weighted by Crippen LogP contribution is -2.31. The Labute approximate surface area is 122 Å². The van der Waals surface area contributed by atoms with Crippen molar-refractivity contribution in [2.24, 2.45) is 5.73 Å². The maximum absolute atomic E-state index is 12.6. The Bertz CT molecular complexity index is 515. The fourth-order valence-electron chi connectivity index (χ4n) is 2.60. The minimum Gasteiger partial charge on any atom is -0.328 e. The first kappa shape index (κ1) is 15.5. The lowest BCUT2D eigenvalue weighted by Gasteiger charge is -2.20. The first-order chi connectivity index (χ1) is 9.50. The smallest absolute Gasteiger partial charge is 0.243 e. The summed E-state index contributed by atoms with van der Waals surface area (Å²) in [4.78, 5) is 0.396. The second-order valence-electron chi connectivity index (χ2n) is 5.64. The normalized spacial score (nSPS) is 19.5. The molecule has 0 spiro atoms. The third-order valence-electron chi connectivity index (χ3n) is 3.68. The van der Waals surface area contributed by atoms with Gasteiger partial charge in [-0.05, 0) is 43.9 Å². The minimum absolute atomic E-state index is 0.0862. The lowest BCUT2D eigenvalue weighted by molar-refractivity contribution is 0.423. The number of rotatable bonds is 4. The first-order valence-corrected chi connectivity index (χ1v) is 8.79. The monoisotopic (exact) mass is 296 g/mol. The molecule has 1 aliphatic heterocycles. The Balaban J connectivity index is 2.16. The van der Waals surface area contributed by atoms with E-state index in [4.69, 9.17) is 5.73 Å². The summed E-state index contributed by atoms with van der Waals surface area (Å²) >= 11 is 0. The molecule has 0 saturated carbocycles. The molecule has 0 bridgehead atoms. The largest absolute Gasteiger partial charge is 0.328 e. The highest BCUT2D eigenvalue weighted by atomic mass is 32.2. The van der Waals surface area contributed by atoms with Crippen LogP contribution in [0.1, 0.15) is 38.2 Å². The Kier molecular flexibility index (Phi) is 5.18. The predicted molar refractivity (Wildman–Crippen MR) is 81.0 cm³/mol. The van der Waals surface area contributed by atoms with Gasteiger partial charge in [-0.15, -0.1) is 0 Å². The van der Waals surface area contributed by atoms with Crippen LogP contribution in [0.3, 0.4) is 0 Å². The van der Waals surface area contributed by atoms with E-state index in [0.29, 0.717) is 18.0 Å². The highest BCUT2D eigenvalue weighted by Crippen LogP contribution is 2.20. The van der Waals surface area contributed by atoms with Crippen LogP contribution in [-0.2, 0) is 16.4 Å². The zero-order chi connectivity index (χ0) is 14.6. The van der Waals surface area contributed by atoms with Gasteiger partial charge in [0.25, 0.3) is 0 Å². The van der Waals surface area contributed by atoms with Crippen molar-refractivity contribution >= 4 is 10.0 Å². The molecule has 1 atom stereocenters. The van der Waals surface area contributed by atoms with E-state index in [1.54, 1.807) is 16.4 Å². The van der Waals surface area contributed by atoms with E-state index in [1.165, 1.54) is 0 Å². The van der Waals surface area contributed by atoms with E-state index in [1.807, 2.05) is 19.1 Å². The van der Waals surface area contributed by atoms with E-state index in [0.717, 1.165) is 37.7 Å². The molecule has 2 rings (SSSR count). The van der Waals surface area contributed by atoms with Crippen LogP contribution in [0.2, 0.25) is 0 Å². The minimum atomic E-state index is -3.33. The summed E-state index contributed by atoms with van der Waals surface area (Å²) in [6.07, 6.45) is 4.94. The van der Waals surface area contributed by atoms with E-state index in [2.05, 4.69) is 0 Å². The zero-order valence-electron chi connectivity index (χ0n) is 12.1. The van der Waals surface area contributed by atoms with Crippen molar-refractivity contribution in [3.8, 4) is 0 Å². The van der Waals surface area contributed by atoms with Gasteiger partial charge in [-0.3, -0.25) is 0 Å². The van der Waals surface area contributed by atoms with Gasteiger partial charge in [-0.2, -0.15) is 4.31 Å². The fourth-order valence-corrected chi connectivity index (χ4v) is 4.12. The Morgan fingerprint density at radius 2 is 1.65 bits per heavy atom. The van der Waals surface area contributed by atoms with Crippen LogP contribution in [0.25, 0.3) is 0 Å². The summed E-state index contributed by atoms with van der Waals surface area (Å²) in [5, 5.41) is 0. The number of hydrogen-bond acceptors (Lipinski definition) is 3. The average molecular weight is 296 g/mol. The van der Waals surface area contributed by atoms with Crippen LogP contribution in [0.5, 0.6) is 0 Å². The molecule has 20 heavy (non-hydrogen) atoms. The second kappa shape index (κ2) is 6.70. The highest BCUT2D eigenvalue weighted by molar-refractivity contribution is 7.89. The molecule has 5 heteroatoms. The van der Waals surface area contributed by atoms with Crippen molar-refractivity contribution in [3.63, 3.8) is 0 Å². The summed E-state index contributed by atoms with van der Waals surface area (Å²) in [6.45, 7) is 3.23. The third-order valence-corrected chi connectivity index (χ3v) is 5.60. The predicted octanol–water partition coefficient (Wildman–Crippen LogP) is 2.14. The van der Waals surface area contributed by atoms with Gasteiger partial charge in [0.15, 0.2) is 0 Å². The van der Waals surface area contributed by atoms with Crippen molar-refractivity contribution in [1.29, 1.82) is 0 Å². The van der Waals surface area contributed by atoms with Crippen molar-refractivity contribution < 1.29 is 8.42 Å². The molecule has 2 N–H and O–H groups in total. The number of nitrogens with zero attached hydrogens (tertiary/aromatic N) is 1. The van der Waals surface area contributed by atoms with Gasteiger partial charge < -0.3 is 5.73 Å². The molecule has 1 heterocycles. The van der Waals surface area contributed by atoms with Crippen LogP contribution in [0, 0.1) is 0 Å². The first-order valence-electron chi connectivity index (χ1n) is 7.35. The molecule has 0 aliphatic carbocycles. The molecule has 0 amide bonds. The molecule has 112 valence electrons. The molecular weight excluding hydrogens is 272 g/mol. The lowest BCUT2D eigenvalue weighted by atomic mass is 10.1. The number of benzene rings is 1. The third kappa shape index (κ3) is 3.81. The van der Waals surface area contributed by atoms with Gasteiger partial charge in [0.05, 0.1) is 4.90 Å². The summed E-state index contributed by atoms with van der Waals surface area (Å²) < 4.78 is 26.8. The molecule has 1 saturated heterocycles. The van der Waals surface area contributed by atoms with Gasteiger partial charge in [0.2, 0.25) is 10.0 Å². The van der Waals surface area contributed by atoms with Gasteiger partial charge in [0.1, 0.15) is 0 Å². The number of sulfonamides is 1. The Morgan fingerprint density at radius 3 is 2.15 bits per heavy atom. The molecule has 1 aliphatic rings.